The number of aryl methyl sites for hydroxylation is 1. The van der Waals surface area contributed by atoms with E-state index in [0.717, 1.165) is 14.7 Å². The lowest BCUT2D eigenvalue weighted by Crippen LogP contribution is -2.40. The molecule has 0 aliphatic heterocycles. The van der Waals surface area contributed by atoms with E-state index in [9.17, 15) is 14.7 Å². The average molecular weight is 397 g/mol. The van der Waals surface area contributed by atoms with E-state index >= 15 is 0 Å². The molecular formula is C24H19N3O3. The van der Waals surface area contributed by atoms with Gasteiger partial charge in [-0.2, -0.15) is 0 Å². The van der Waals surface area contributed by atoms with Crippen LogP contribution >= 0.6 is 0 Å². The highest BCUT2D eigenvalue weighted by Gasteiger charge is 2.19. The van der Waals surface area contributed by atoms with Gasteiger partial charge in [-0.1, -0.05) is 54.6 Å². The predicted molar refractivity (Wildman–Crippen MR) is 118 cm³/mol. The quantitative estimate of drug-likeness (QED) is 0.533. The molecule has 30 heavy (non-hydrogen) atoms. The Bertz CT molecular complexity index is 1340. The summed E-state index contributed by atoms with van der Waals surface area (Å²) < 4.78 is 2.14. The van der Waals surface area contributed by atoms with Crippen molar-refractivity contribution in [2.24, 2.45) is 4.99 Å². The molecule has 1 heterocycles. The summed E-state index contributed by atoms with van der Waals surface area (Å²) in [5.74, 6) is -0.458. The van der Waals surface area contributed by atoms with Crippen LogP contribution < -0.4 is 11.2 Å². The number of rotatable bonds is 4. The Morgan fingerprint density at radius 1 is 0.767 bits per heavy atom. The Balaban J connectivity index is 2.02. The maximum atomic E-state index is 13.2. The van der Waals surface area contributed by atoms with E-state index < -0.39 is 17.1 Å². The monoisotopic (exact) mass is 397 g/mol. The first-order valence-corrected chi connectivity index (χ1v) is 9.39. The number of aromatic nitrogens is 2. The van der Waals surface area contributed by atoms with E-state index in [4.69, 9.17) is 0 Å². The first-order chi connectivity index (χ1) is 14.6. The molecule has 0 aliphatic carbocycles. The first-order valence-electron chi connectivity index (χ1n) is 9.39. The Morgan fingerprint density at radius 2 is 1.30 bits per heavy atom. The molecule has 1 aromatic heterocycles. The SMILES string of the molecule is Cc1ccccc1N=Cc1c(O)n(-c2ccccc2)c(=O)n(-c2ccccc2)c1=O. The molecule has 0 aliphatic rings. The lowest BCUT2D eigenvalue weighted by molar-refractivity contribution is 0.427. The molecule has 0 fully saturated rings. The molecule has 0 saturated heterocycles. The fourth-order valence-electron chi connectivity index (χ4n) is 3.18. The molecule has 0 saturated carbocycles. The lowest BCUT2D eigenvalue weighted by atomic mass is 10.2. The van der Waals surface area contributed by atoms with Gasteiger partial charge < -0.3 is 5.11 Å². The molecule has 148 valence electrons. The van der Waals surface area contributed by atoms with Crippen molar-refractivity contribution in [3.8, 4) is 17.3 Å². The van der Waals surface area contributed by atoms with Gasteiger partial charge in [0.15, 0.2) is 0 Å². The van der Waals surface area contributed by atoms with Gasteiger partial charge in [0.1, 0.15) is 5.56 Å². The van der Waals surface area contributed by atoms with Crippen LogP contribution in [-0.4, -0.2) is 20.5 Å². The number of aromatic hydroxyl groups is 1. The molecule has 4 rings (SSSR count). The summed E-state index contributed by atoms with van der Waals surface area (Å²) in [6.07, 6.45) is 1.30. The molecule has 0 bridgehead atoms. The molecule has 3 aromatic carbocycles. The average Bonchev–Trinajstić information content (AvgIpc) is 2.76. The van der Waals surface area contributed by atoms with Crippen LogP contribution in [0.4, 0.5) is 5.69 Å². The van der Waals surface area contributed by atoms with Crippen LogP contribution in [0.5, 0.6) is 5.88 Å². The molecular weight excluding hydrogens is 378 g/mol. The standard InChI is InChI=1S/C24H19N3O3/c1-17-10-8-9-15-21(17)25-16-20-22(28)26(18-11-4-2-5-12-18)24(30)27(23(20)29)19-13-6-3-7-14-19/h2-16,28H,1H3. The fourth-order valence-corrected chi connectivity index (χ4v) is 3.18. The minimum Gasteiger partial charge on any atom is -0.493 e. The zero-order valence-electron chi connectivity index (χ0n) is 16.3. The highest BCUT2D eigenvalue weighted by Crippen LogP contribution is 2.20. The van der Waals surface area contributed by atoms with Crippen LogP contribution in [0.2, 0.25) is 0 Å². The van der Waals surface area contributed by atoms with Crippen molar-refractivity contribution in [1.82, 2.24) is 9.13 Å². The minimum atomic E-state index is -0.664. The fraction of sp³-hybridized carbons (Fsp3) is 0.0417. The molecule has 0 radical (unpaired) electrons. The van der Waals surface area contributed by atoms with Gasteiger partial charge in [-0.25, -0.2) is 13.9 Å². The molecule has 0 atom stereocenters. The van der Waals surface area contributed by atoms with Crippen molar-refractivity contribution in [1.29, 1.82) is 0 Å². The summed E-state index contributed by atoms with van der Waals surface area (Å²) in [6, 6.07) is 24.7. The highest BCUT2D eigenvalue weighted by molar-refractivity contribution is 5.84. The van der Waals surface area contributed by atoms with E-state index in [1.807, 2.05) is 31.2 Å². The van der Waals surface area contributed by atoms with Gasteiger partial charge in [-0.15, -0.1) is 0 Å². The molecule has 1 N–H and O–H groups in total. The van der Waals surface area contributed by atoms with Crippen molar-refractivity contribution in [2.45, 2.75) is 6.92 Å². The van der Waals surface area contributed by atoms with Crippen LogP contribution in [0.15, 0.2) is 99.5 Å². The molecule has 6 heteroatoms. The van der Waals surface area contributed by atoms with Crippen LogP contribution in [0, 0.1) is 6.92 Å². The minimum absolute atomic E-state index is 0.0782. The van der Waals surface area contributed by atoms with Gasteiger partial charge in [-0.3, -0.25) is 9.79 Å². The zero-order valence-corrected chi connectivity index (χ0v) is 16.3. The van der Waals surface area contributed by atoms with Crippen LogP contribution in [0.1, 0.15) is 11.1 Å². The normalized spacial score (nSPS) is 11.1. The summed E-state index contributed by atoms with van der Waals surface area (Å²) in [4.78, 5) is 30.8. The predicted octanol–water partition coefficient (Wildman–Crippen LogP) is 3.75. The van der Waals surface area contributed by atoms with Gasteiger partial charge in [0.2, 0.25) is 5.88 Å². The van der Waals surface area contributed by atoms with Crippen molar-refractivity contribution in [3.05, 3.63) is 117 Å². The van der Waals surface area contributed by atoms with E-state index in [0.29, 0.717) is 17.1 Å². The van der Waals surface area contributed by atoms with Crippen LogP contribution in [0.3, 0.4) is 0 Å². The van der Waals surface area contributed by atoms with Gasteiger partial charge in [-0.05, 0) is 42.8 Å². The highest BCUT2D eigenvalue weighted by atomic mass is 16.3. The summed E-state index contributed by atoms with van der Waals surface area (Å²) in [5.41, 5.74) is 1.05. The third kappa shape index (κ3) is 3.46. The summed E-state index contributed by atoms with van der Waals surface area (Å²) >= 11 is 0. The van der Waals surface area contributed by atoms with Crippen molar-refractivity contribution in [2.75, 3.05) is 0 Å². The van der Waals surface area contributed by atoms with E-state index in [2.05, 4.69) is 4.99 Å². The Hall–Kier alpha value is -4.19. The second-order valence-corrected chi connectivity index (χ2v) is 6.71. The molecule has 0 amide bonds. The Morgan fingerprint density at radius 3 is 1.90 bits per heavy atom. The van der Waals surface area contributed by atoms with Crippen molar-refractivity contribution in [3.63, 3.8) is 0 Å². The summed E-state index contributed by atoms with van der Waals surface area (Å²) in [6.45, 7) is 1.90. The summed E-state index contributed by atoms with van der Waals surface area (Å²) in [5, 5.41) is 10.9. The third-order valence-electron chi connectivity index (χ3n) is 4.75. The molecule has 0 spiro atoms. The second kappa shape index (κ2) is 8.05. The topological polar surface area (TPSA) is 76.6 Å². The third-order valence-corrected chi connectivity index (χ3v) is 4.75. The van der Waals surface area contributed by atoms with Crippen LogP contribution in [0.25, 0.3) is 11.4 Å². The first kappa shape index (κ1) is 19.1. The van der Waals surface area contributed by atoms with Crippen molar-refractivity contribution >= 4 is 11.9 Å². The Labute approximate surface area is 172 Å². The number of benzene rings is 3. The lowest BCUT2D eigenvalue weighted by Gasteiger charge is -2.14. The Kier molecular flexibility index (Phi) is 5.13. The summed E-state index contributed by atoms with van der Waals surface area (Å²) in [7, 11) is 0. The number of para-hydroxylation sites is 3. The van der Waals surface area contributed by atoms with E-state index in [-0.39, 0.29) is 5.56 Å². The zero-order chi connectivity index (χ0) is 21.1. The molecule has 6 nitrogen and oxygen atoms in total. The largest absolute Gasteiger partial charge is 0.493 e. The number of hydrogen-bond donors (Lipinski definition) is 1. The van der Waals surface area contributed by atoms with Crippen LogP contribution in [-0.2, 0) is 0 Å². The number of hydrogen-bond acceptors (Lipinski definition) is 4. The number of nitrogens with zero attached hydrogens (tertiary/aromatic N) is 3. The second-order valence-electron chi connectivity index (χ2n) is 6.71. The van der Waals surface area contributed by atoms with E-state index in [1.165, 1.54) is 6.21 Å². The van der Waals surface area contributed by atoms with Gasteiger partial charge in [0.25, 0.3) is 5.56 Å². The van der Waals surface area contributed by atoms with Gasteiger partial charge in [0, 0.05) is 6.21 Å². The van der Waals surface area contributed by atoms with Gasteiger partial charge in [0.05, 0.1) is 17.1 Å². The van der Waals surface area contributed by atoms with Crippen molar-refractivity contribution < 1.29 is 5.11 Å². The number of aliphatic imine (C=N–C) groups is 1. The maximum Gasteiger partial charge on any atom is 0.343 e. The molecule has 0 unspecified atom stereocenters. The van der Waals surface area contributed by atoms with E-state index in [1.54, 1.807) is 60.7 Å². The maximum absolute atomic E-state index is 13.2. The molecule has 4 aromatic rings. The smallest absolute Gasteiger partial charge is 0.343 e. The van der Waals surface area contributed by atoms with Gasteiger partial charge >= 0.3 is 5.69 Å².